The lowest BCUT2D eigenvalue weighted by molar-refractivity contribution is -0.115. The fourth-order valence-electron chi connectivity index (χ4n) is 0.139. The highest BCUT2D eigenvalue weighted by Crippen LogP contribution is 2.07. The third-order valence-corrected chi connectivity index (χ3v) is 1.62. The monoisotopic (exact) mass is 135 g/mol. The molecular weight excluding hydrogens is 126 g/mol. The highest BCUT2D eigenvalue weighted by Gasteiger charge is 2.22. The first kappa shape index (κ1) is 7.92. The van der Waals surface area contributed by atoms with Gasteiger partial charge in [-0.2, -0.15) is 0 Å². The highest BCUT2D eigenvalue weighted by atomic mass is 35.5. The van der Waals surface area contributed by atoms with Gasteiger partial charge >= 0.3 is 0 Å². The molecule has 0 spiro atoms. The molecule has 0 rings (SSSR count). The van der Waals surface area contributed by atoms with E-state index in [4.69, 9.17) is 17.3 Å². The molecule has 0 saturated heterocycles. The molecule has 2 N–H and O–H groups in total. The van der Waals surface area contributed by atoms with Crippen molar-refractivity contribution in [3.63, 3.8) is 0 Å². The lowest BCUT2D eigenvalue weighted by Crippen LogP contribution is -2.41. The largest absolute Gasteiger partial charge is 0.318 e. The molecule has 0 fully saturated rings. The van der Waals surface area contributed by atoms with Crippen molar-refractivity contribution in [3.05, 3.63) is 0 Å². The Morgan fingerprint density at radius 3 is 2.25 bits per heavy atom. The van der Waals surface area contributed by atoms with E-state index in [-0.39, 0.29) is 0 Å². The van der Waals surface area contributed by atoms with Crippen molar-refractivity contribution < 1.29 is 4.79 Å². The Bertz CT molecular complexity index is 101. The van der Waals surface area contributed by atoms with Gasteiger partial charge in [0.05, 0.1) is 5.54 Å². The van der Waals surface area contributed by atoms with E-state index < -0.39 is 10.8 Å². The second-order valence-electron chi connectivity index (χ2n) is 2.04. The van der Waals surface area contributed by atoms with E-state index in [0.717, 1.165) is 0 Å². The number of rotatable bonds is 2. The summed E-state index contributed by atoms with van der Waals surface area (Å²) < 4.78 is 0. The van der Waals surface area contributed by atoms with Gasteiger partial charge in [-0.15, -0.1) is 0 Å². The highest BCUT2D eigenvalue weighted by molar-refractivity contribution is 6.65. The summed E-state index contributed by atoms with van der Waals surface area (Å²) in [7, 11) is 0. The molecule has 0 saturated carbocycles. The van der Waals surface area contributed by atoms with E-state index in [0.29, 0.717) is 6.42 Å². The number of hydrogen-bond donors (Lipinski definition) is 1. The Morgan fingerprint density at radius 2 is 2.25 bits per heavy atom. The molecule has 1 atom stereocenters. The molecule has 1 unspecified atom stereocenters. The zero-order valence-electron chi connectivity index (χ0n) is 5.07. The molecule has 0 aromatic carbocycles. The summed E-state index contributed by atoms with van der Waals surface area (Å²) in [5.41, 5.74) is 4.55. The van der Waals surface area contributed by atoms with Crippen LogP contribution in [0.4, 0.5) is 0 Å². The lowest BCUT2D eigenvalue weighted by atomic mass is 10.0. The summed E-state index contributed by atoms with van der Waals surface area (Å²) in [5.74, 6) is 0. The maximum atomic E-state index is 10.3. The average molecular weight is 136 g/mol. The van der Waals surface area contributed by atoms with E-state index in [1.165, 1.54) is 0 Å². The topological polar surface area (TPSA) is 43.1 Å². The smallest absolute Gasteiger partial charge is 0.241 e. The van der Waals surface area contributed by atoms with Crippen LogP contribution in [-0.4, -0.2) is 10.8 Å². The van der Waals surface area contributed by atoms with Crippen molar-refractivity contribution in [2.45, 2.75) is 25.8 Å². The molecule has 8 heavy (non-hydrogen) atoms. The second-order valence-corrected chi connectivity index (χ2v) is 2.39. The van der Waals surface area contributed by atoms with Crippen molar-refractivity contribution in [1.82, 2.24) is 0 Å². The third-order valence-electron chi connectivity index (χ3n) is 1.18. The number of carbonyl (C=O) groups is 1. The van der Waals surface area contributed by atoms with Crippen molar-refractivity contribution in [1.29, 1.82) is 0 Å². The molecule has 2 nitrogen and oxygen atoms in total. The van der Waals surface area contributed by atoms with Gasteiger partial charge in [-0.05, 0) is 24.9 Å². The normalized spacial score (nSPS) is 17.5. The van der Waals surface area contributed by atoms with E-state index in [9.17, 15) is 4.79 Å². The molecule has 0 aliphatic rings. The van der Waals surface area contributed by atoms with Crippen molar-refractivity contribution in [3.8, 4) is 0 Å². The predicted molar refractivity (Wildman–Crippen MR) is 33.7 cm³/mol. The van der Waals surface area contributed by atoms with Crippen LogP contribution in [0.2, 0.25) is 0 Å². The first-order valence-electron chi connectivity index (χ1n) is 2.49. The van der Waals surface area contributed by atoms with Crippen molar-refractivity contribution in [2.24, 2.45) is 5.73 Å². The first-order valence-corrected chi connectivity index (χ1v) is 2.87. The van der Waals surface area contributed by atoms with E-state index in [2.05, 4.69) is 0 Å². The van der Waals surface area contributed by atoms with Crippen LogP contribution >= 0.6 is 11.6 Å². The Kier molecular flexibility index (Phi) is 2.44. The maximum absolute atomic E-state index is 10.3. The van der Waals surface area contributed by atoms with Gasteiger partial charge in [0.1, 0.15) is 0 Å². The molecule has 0 amide bonds. The van der Waals surface area contributed by atoms with Crippen LogP contribution in [0.1, 0.15) is 20.3 Å². The van der Waals surface area contributed by atoms with E-state index in [1.807, 2.05) is 6.92 Å². The summed E-state index contributed by atoms with van der Waals surface area (Å²) in [6, 6.07) is 0. The Morgan fingerprint density at radius 1 is 1.88 bits per heavy atom. The van der Waals surface area contributed by atoms with Crippen LogP contribution in [0.3, 0.4) is 0 Å². The minimum Gasteiger partial charge on any atom is -0.318 e. The zero-order valence-corrected chi connectivity index (χ0v) is 5.83. The standard InChI is InChI=1S/C5H10ClNO/c1-3-5(2,7)4(6)8/h3,7H2,1-2H3. The summed E-state index contributed by atoms with van der Waals surface area (Å²) in [5, 5.41) is -0.472. The van der Waals surface area contributed by atoms with Crippen molar-refractivity contribution >= 4 is 16.8 Å². The number of halogens is 1. The van der Waals surface area contributed by atoms with Crippen LogP contribution < -0.4 is 5.73 Å². The number of nitrogens with two attached hydrogens (primary N) is 1. The van der Waals surface area contributed by atoms with Gasteiger partial charge in [0.2, 0.25) is 5.24 Å². The number of hydrogen-bond acceptors (Lipinski definition) is 2. The van der Waals surface area contributed by atoms with Crippen LogP contribution in [-0.2, 0) is 4.79 Å². The van der Waals surface area contributed by atoms with Gasteiger partial charge in [0, 0.05) is 0 Å². The van der Waals surface area contributed by atoms with Gasteiger partial charge in [0.25, 0.3) is 0 Å². The summed E-state index contributed by atoms with van der Waals surface area (Å²) in [4.78, 5) is 10.3. The second kappa shape index (κ2) is 2.46. The van der Waals surface area contributed by atoms with Gasteiger partial charge in [-0.25, -0.2) is 0 Å². The van der Waals surface area contributed by atoms with Gasteiger partial charge in [-0.3, -0.25) is 4.79 Å². The third kappa shape index (κ3) is 1.80. The average Bonchev–Trinajstić information content (AvgIpc) is 1.67. The van der Waals surface area contributed by atoms with Crippen LogP contribution in [0.25, 0.3) is 0 Å². The molecule has 3 heteroatoms. The molecule has 0 aromatic rings. The quantitative estimate of drug-likeness (QED) is 0.572. The van der Waals surface area contributed by atoms with Crippen molar-refractivity contribution in [2.75, 3.05) is 0 Å². The Balaban J connectivity index is 3.91. The molecule has 48 valence electrons. The fraction of sp³-hybridized carbons (Fsp3) is 0.800. The lowest BCUT2D eigenvalue weighted by Gasteiger charge is -2.15. The van der Waals surface area contributed by atoms with Crippen LogP contribution in [0.5, 0.6) is 0 Å². The Hall–Kier alpha value is -0.0800. The molecule has 0 heterocycles. The molecule has 0 aromatic heterocycles. The first-order chi connectivity index (χ1) is 3.50. The van der Waals surface area contributed by atoms with Gasteiger partial charge in [-0.1, -0.05) is 6.92 Å². The SMILES string of the molecule is CCC(C)(N)C(=O)Cl. The molecule has 0 radical (unpaired) electrons. The number of carbonyl (C=O) groups excluding carboxylic acids is 1. The van der Waals surface area contributed by atoms with Crippen LogP contribution in [0, 0.1) is 0 Å². The Labute approximate surface area is 54.0 Å². The summed E-state index contributed by atoms with van der Waals surface area (Å²) in [6.07, 6.45) is 0.579. The zero-order chi connectivity index (χ0) is 6.78. The summed E-state index contributed by atoms with van der Waals surface area (Å²) in [6.45, 7) is 3.43. The fourth-order valence-corrected chi connectivity index (χ4v) is 0.273. The van der Waals surface area contributed by atoms with Crippen LogP contribution in [0.15, 0.2) is 0 Å². The molecule has 0 aliphatic carbocycles. The van der Waals surface area contributed by atoms with E-state index in [1.54, 1.807) is 6.92 Å². The predicted octanol–water partition coefficient (Wildman–Crippen LogP) is 0.879. The maximum Gasteiger partial charge on any atom is 0.241 e. The molecular formula is C5H10ClNO. The molecule has 0 bridgehead atoms. The van der Waals surface area contributed by atoms with Gasteiger partial charge in [0.15, 0.2) is 0 Å². The molecule has 0 aliphatic heterocycles. The summed E-state index contributed by atoms with van der Waals surface area (Å²) >= 11 is 5.11. The minimum absolute atomic E-state index is 0.472. The van der Waals surface area contributed by atoms with E-state index >= 15 is 0 Å². The minimum atomic E-state index is -0.832. The van der Waals surface area contributed by atoms with Gasteiger partial charge < -0.3 is 5.73 Å².